The van der Waals surface area contributed by atoms with Crippen molar-refractivity contribution >= 4 is 10.8 Å². The monoisotopic (exact) mass is 318 g/mol. The Bertz CT molecular complexity index is 587. The van der Waals surface area contributed by atoms with Gasteiger partial charge in [0, 0.05) is 30.3 Å². The molecule has 0 saturated carbocycles. The lowest BCUT2D eigenvalue weighted by Crippen LogP contribution is -2.39. The third kappa shape index (κ3) is 4.24. The van der Waals surface area contributed by atoms with Gasteiger partial charge >= 0.3 is 0 Å². The Balaban J connectivity index is 1.47. The van der Waals surface area contributed by atoms with Gasteiger partial charge in [-0.15, -0.1) is 0 Å². The van der Waals surface area contributed by atoms with Gasteiger partial charge in [0.25, 0.3) is 0 Å². The van der Waals surface area contributed by atoms with Gasteiger partial charge < -0.3 is 4.90 Å². The quantitative estimate of drug-likeness (QED) is 0.815. The molecule has 6 heteroatoms. The Morgan fingerprint density at radius 3 is 2.91 bits per heavy atom. The molecule has 0 N–H and O–H groups in total. The number of piperidine rings is 1. The molecule has 1 aliphatic rings. The van der Waals surface area contributed by atoms with Crippen LogP contribution in [-0.2, 0) is 17.3 Å². The molecule has 3 rings (SSSR count). The third-order valence-electron chi connectivity index (χ3n) is 4.11. The number of benzene rings is 1. The summed E-state index contributed by atoms with van der Waals surface area (Å²) in [6.45, 7) is 4.00. The van der Waals surface area contributed by atoms with Crippen LogP contribution < -0.4 is 0 Å². The number of rotatable bonds is 6. The zero-order valence-corrected chi connectivity index (χ0v) is 13.5. The minimum atomic E-state index is -0.897. The molecule has 2 heterocycles. The van der Waals surface area contributed by atoms with Gasteiger partial charge in [-0.1, -0.05) is 18.2 Å². The second-order valence-electron chi connectivity index (χ2n) is 5.79. The maximum Gasteiger partial charge on any atom is 0.137 e. The van der Waals surface area contributed by atoms with E-state index in [1.165, 1.54) is 12.8 Å². The lowest BCUT2D eigenvalue weighted by Gasteiger charge is -2.32. The Morgan fingerprint density at radius 2 is 2.14 bits per heavy atom. The highest BCUT2D eigenvalue weighted by Crippen LogP contribution is 2.18. The van der Waals surface area contributed by atoms with E-state index in [1.807, 2.05) is 35.0 Å². The van der Waals surface area contributed by atoms with Gasteiger partial charge in [0.15, 0.2) is 0 Å². The summed E-state index contributed by atoms with van der Waals surface area (Å²) in [5, 5.41) is 4.19. The Kier molecular flexibility index (Phi) is 5.34. The van der Waals surface area contributed by atoms with Gasteiger partial charge in [-0.25, -0.2) is 4.98 Å². The predicted octanol–water partition coefficient (Wildman–Crippen LogP) is 1.80. The van der Waals surface area contributed by atoms with Gasteiger partial charge in [0.2, 0.25) is 0 Å². The molecule has 1 saturated heterocycles. The average Bonchev–Trinajstić information content (AvgIpc) is 3.07. The van der Waals surface area contributed by atoms with E-state index in [4.69, 9.17) is 0 Å². The molecule has 0 amide bonds. The van der Waals surface area contributed by atoms with E-state index in [9.17, 15) is 4.21 Å². The van der Waals surface area contributed by atoms with Gasteiger partial charge in [0.05, 0.1) is 10.8 Å². The minimum absolute atomic E-state index is 0.612. The van der Waals surface area contributed by atoms with Crippen molar-refractivity contribution in [3.05, 3.63) is 43.0 Å². The molecule has 118 valence electrons. The van der Waals surface area contributed by atoms with E-state index in [-0.39, 0.29) is 0 Å². The van der Waals surface area contributed by atoms with E-state index in [1.54, 1.807) is 12.7 Å². The van der Waals surface area contributed by atoms with E-state index in [2.05, 4.69) is 15.0 Å². The lowest BCUT2D eigenvalue weighted by molar-refractivity contribution is 0.168. The molecule has 0 bridgehead atoms. The van der Waals surface area contributed by atoms with Crippen molar-refractivity contribution < 1.29 is 4.21 Å². The first-order valence-electron chi connectivity index (χ1n) is 7.79. The van der Waals surface area contributed by atoms with Crippen LogP contribution in [0.4, 0.5) is 0 Å². The smallest absolute Gasteiger partial charge is 0.137 e. The summed E-state index contributed by atoms with van der Waals surface area (Å²) >= 11 is 0. The summed E-state index contributed by atoms with van der Waals surface area (Å²) in [5.74, 6) is 1.32. The summed E-state index contributed by atoms with van der Waals surface area (Å²) < 4.78 is 14.2. The van der Waals surface area contributed by atoms with Crippen molar-refractivity contribution in [3.8, 4) is 0 Å². The Hall–Kier alpha value is -1.53. The van der Waals surface area contributed by atoms with Crippen LogP contribution in [0.15, 0.2) is 47.9 Å². The molecule has 0 spiro atoms. The zero-order chi connectivity index (χ0) is 15.2. The maximum atomic E-state index is 12.3. The second kappa shape index (κ2) is 7.65. The average molecular weight is 318 g/mol. The van der Waals surface area contributed by atoms with Crippen molar-refractivity contribution in [2.75, 3.05) is 25.4 Å². The van der Waals surface area contributed by atoms with Crippen LogP contribution in [0.25, 0.3) is 0 Å². The van der Waals surface area contributed by atoms with Crippen molar-refractivity contribution in [2.24, 2.45) is 5.92 Å². The molecule has 0 radical (unpaired) electrons. The molecule has 1 aromatic carbocycles. The fraction of sp³-hybridized carbons (Fsp3) is 0.500. The number of hydrogen-bond donors (Lipinski definition) is 0. The van der Waals surface area contributed by atoms with Crippen molar-refractivity contribution in [1.82, 2.24) is 19.7 Å². The van der Waals surface area contributed by atoms with E-state index in [0.29, 0.717) is 11.7 Å². The summed E-state index contributed by atoms with van der Waals surface area (Å²) in [4.78, 5) is 7.36. The van der Waals surface area contributed by atoms with Gasteiger partial charge in [-0.2, -0.15) is 5.10 Å². The Labute approximate surface area is 133 Å². The molecular weight excluding hydrogens is 296 g/mol. The molecule has 0 aliphatic carbocycles. The van der Waals surface area contributed by atoms with Crippen molar-refractivity contribution in [2.45, 2.75) is 24.3 Å². The molecule has 2 aromatic rings. The topological polar surface area (TPSA) is 51.0 Å². The number of hydrogen-bond acceptors (Lipinski definition) is 4. The van der Waals surface area contributed by atoms with Crippen LogP contribution in [0.3, 0.4) is 0 Å². The molecule has 0 unspecified atom stereocenters. The fourth-order valence-corrected chi connectivity index (χ4v) is 4.12. The largest absolute Gasteiger partial charge is 0.302 e. The van der Waals surface area contributed by atoms with Gasteiger partial charge in [-0.05, 0) is 37.4 Å². The maximum absolute atomic E-state index is 12.3. The fourth-order valence-electron chi connectivity index (χ4n) is 3.00. The second-order valence-corrected chi connectivity index (χ2v) is 7.36. The third-order valence-corrected chi connectivity index (χ3v) is 5.47. The number of aromatic nitrogens is 3. The summed E-state index contributed by atoms with van der Waals surface area (Å²) in [7, 11) is -0.897. The van der Waals surface area contributed by atoms with Crippen molar-refractivity contribution in [3.63, 3.8) is 0 Å². The molecule has 22 heavy (non-hydrogen) atoms. The molecule has 1 aliphatic heterocycles. The van der Waals surface area contributed by atoms with Gasteiger partial charge in [-0.3, -0.25) is 8.89 Å². The van der Waals surface area contributed by atoms with Crippen molar-refractivity contribution in [1.29, 1.82) is 0 Å². The molecule has 1 fully saturated rings. The first-order chi connectivity index (χ1) is 10.8. The molecule has 1 aromatic heterocycles. The highest BCUT2D eigenvalue weighted by Gasteiger charge is 2.20. The standard InChI is InChI=1S/C16H22N4OS/c21-22(16-6-2-1-3-7-16)10-9-19-8-4-5-15(11-19)12-20-14-17-13-18-20/h1-3,6-7,13-15H,4-5,8-12H2/t15-,22-/m1/s1. The predicted molar refractivity (Wildman–Crippen MR) is 86.9 cm³/mol. The summed E-state index contributed by atoms with van der Waals surface area (Å²) in [6.07, 6.45) is 5.81. The van der Waals surface area contributed by atoms with E-state index < -0.39 is 10.8 Å². The normalized spacial score (nSPS) is 20.8. The molecule has 2 atom stereocenters. The number of likely N-dealkylation sites (tertiary alicyclic amines) is 1. The first kappa shape index (κ1) is 15.4. The van der Waals surface area contributed by atoms with Crippen LogP contribution in [-0.4, -0.2) is 49.3 Å². The van der Waals surface area contributed by atoms with Crippen LogP contribution in [0, 0.1) is 5.92 Å². The number of nitrogens with zero attached hydrogens (tertiary/aromatic N) is 4. The van der Waals surface area contributed by atoms with Crippen LogP contribution in [0.2, 0.25) is 0 Å². The molecular formula is C16H22N4OS. The Morgan fingerprint density at radius 1 is 1.27 bits per heavy atom. The first-order valence-corrected chi connectivity index (χ1v) is 9.11. The van der Waals surface area contributed by atoms with Crippen LogP contribution in [0.5, 0.6) is 0 Å². The van der Waals surface area contributed by atoms with E-state index in [0.717, 1.165) is 31.1 Å². The van der Waals surface area contributed by atoms with E-state index >= 15 is 0 Å². The van der Waals surface area contributed by atoms with Crippen LogP contribution >= 0.6 is 0 Å². The summed E-state index contributed by atoms with van der Waals surface area (Å²) in [5.41, 5.74) is 0. The highest BCUT2D eigenvalue weighted by molar-refractivity contribution is 7.85. The minimum Gasteiger partial charge on any atom is -0.302 e. The molecule has 5 nitrogen and oxygen atoms in total. The SMILES string of the molecule is O=[S@](CCN1CCC[C@@H](Cn2cncn2)C1)c1ccccc1. The highest BCUT2D eigenvalue weighted by atomic mass is 32.2. The lowest BCUT2D eigenvalue weighted by atomic mass is 9.98. The summed E-state index contributed by atoms with van der Waals surface area (Å²) in [6, 6.07) is 9.74. The van der Waals surface area contributed by atoms with Crippen LogP contribution in [0.1, 0.15) is 12.8 Å². The zero-order valence-electron chi connectivity index (χ0n) is 12.7. The van der Waals surface area contributed by atoms with Gasteiger partial charge in [0.1, 0.15) is 12.7 Å².